The fourth-order valence-electron chi connectivity index (χ4n) is 7.24. The third-order valence-electron chi connectivity index (χ3n) is 10.2. The van der Waals surface area contributed by atoms with E-state index in [-0.39, 0.29) is 36.6 Å². The van der Waals surface area contributed by atoms with Gasteiger partial charge in [0.05, 0.1) is 12.1 Å². The lowest BCUT2D eigenvalue weighted by Gasteiger charge is -2.39. The number of carbonyl (C=O) groups excluding carboxylic acids is 4. The van der Waals surface area contributed by atoms with Crippen LogP contribution in [0.25, 0.3) is 0 Å². The first kappa shape index (κ1) is 32.8. The largest absolute Gasteiger partial charge is 0.355 e. The van der Waals surface area contributed by atoms with Gasteiger partial charge in [0.15, 0.2) is 11.5 Å². The number of nitrogens with one attached hydrogen (secondary N) is 2. The molecule has 2 N–H and O–H groups in total. The van der Waals surface area contributed by atoms with Crippen LogP contribution in [-0.4, -0.2) is 114 Å². The molecule has 0 radical (unpaired) electrons. The number of hydrogen-bond acceptors (Lipinski definition) is 10. The van der Waals surface area contributed by atoms with Crippen molar-refractivity contribution in [2.24, 2.45) is 5.92 Å². The Labute approximate surface area is 276 Å². The van der Waals surface area contributed by atoms with Gasteiger partial charge in [-0.3, -0.25) is 29.4 Å². The van der Waals surface area contributed by atoms with Gasteiger partial charge in [-0.1, -0.05) is 25.3 Å². The average molecular weight is 646 g/mol. The predicted molar refractivity (Wildman–Crippen MR) is 177 cm³/mol. The van der Waals surface area contributed by atoms with Gasteiger partial charge in [-0.05, 0) is 62.3 Å². The van der Waals surface area contributed by atoms with Gasteiger partial charge in [-0.25, -0.2) is 4.98 Å². The summed E-state index contributed by atoms with van der Waals surface area (Å²) in [6.45, 7) is 6.59. The number of piperazine rings is 1. The van der Waals surface area contributed by atoms with Gasteiger partial charge in [-0.2, -0.15) is 0 Å². The van der Waals surface area contributed by atoms with Gasteiger partial charge in [0, 0.05) is 65.3 Å². The maximum absolute atomic E-state index is 12.9. The standard InChI is InChI=1S/C34H47N9O4/c1-40(28-11-13-31(44)37-34(28)47)32(45)22-26-8-5-9-29(35-26)43-20-18-41(19-21-43)23-24-14-16-42(17-15-24)30-12-10-27(38-39-30)33(46)36-25-6-3-2-4-7-25/h5,8-10,12,24-25,28H,2-4,6-7,11,13-23H2,1H3,(H,36,46)(H,37,44,47). The molecule has 13 heteroatoms. The lowest BCUT2D eigenvalue weighted by Crippen LogP contribution is -2.53. The Kier molecular flexibility index (Phi) is 10.6. The highest BCUT2D eigenvalue weighted by Gasteiger charge is 2.32. The number of pyridine rings is 1. The lowest BCUT2D eigenvalue weighted by molar-refractivity contribution is -0.144. The molecule has 13 nitrogen and oxygen atoms in total. The summed E-state index contributed by atoms with van der Waals surface area (Å²) < 4.78 is 0. The second-order valence-corrected chi connectivity index (χ2v) is 13.4. The third kappa shape index (κ3) is 8.43. The van der Waals surface area contributed by atoms with E-state index in [2.05, 4.69) is 35.5 Å². The van der Waals surface area contributed by atoms with Crippen LogP contribution in [0.15, 0.2) is 30.3 Å². The maximum atomic E-state index is 12.9. The van der Waals surface area contributed by atoms with E-state index < -0.39 is 11.9 Å². The van der Waals surface area contributed by atoms with Crippen molar-refractivity contribution in [2.75, 3.05) is 62.7 Å². The number of rotatable bonds is 9. The molecule has 1 unspecified atom stereocenters. The van der Waals surface area contributed by atoms with Gasteiger partial charge < -0.3 is 20.0 Å². The summed E-state index contributed by atoms with van der Waals surface area (Å²) in [7, 11) is 1.61. The highest BCUT2D eigenvalue weighted by atomic mass is 16.2. The molecule has 1 atom stereocenters. The summed E-state index contributed by atoms with van der Waals surface area (Å²) in [6.07, 6.45) is 8.56. The first-order valence-corrected chi connectivity index (χ1v) is 17.2. The van der Waals surface area contributed by atoms with E-state index in [1.165, 1.54) is 24.2 Å². The molecule has 2 aromatic heterocycles. The molecule has 252 valence electrons. The minimum atomic E-state index is -0.630. The van der Waals surface area contributed by atoms with Crippen LogP contribution >= 0.6 is 0 Å². The van der Waals surface area contributed by atoms with Gasteiger partial charge in [-0.15, -0.1) is 10.2 Å². The molecule has 0 bridgehead atoms. The van der Waals surface area contributed by atoms with E-state index in [9.17, 15) is 19.2 Å². The summed E-state index contributed by atoms with van der Waals surface area (Å²) in [5, 5.41) is 14.1. The van der Waals surface area contributed by atoms with Gasteiger partial charge in [0.2, 0.25) is 17.7 Å². The molecule has 3 saturated heterocycles. The minimum absolute atomic E-state index is 0.103. The molecule has 4 amide bonds. The van der Waals surface area contributed by atoms with Crippen molar-refractivity contribution in [3.05, 3.63) is 41.7 Å². The number of nitrogens with zero attached hydrogens (tertiary/aromatic N) is 7. The number of imide groups is 1. The van der Waals surface area contributed by atoms with Gasteiger partial charge >= 0.3 is 0 Å². The monoisotopic (exact) mass is 645 g/mol. The van der Waals surface area contributed by atoms with Crippen molar-refractivity contribution in [1.82, 2.24) is 35.6 Å². The van der Waals surface area contributed by atoms with E-state index in [0.717, 1.165) is 83.1 Å². The molecule has 4 aliphatic rings. The van der Waals surface area contributed by atoms with Crippen LogP contribution in [0, 0.1) is 5.92 Å². The molecule has 47 heavy (non-hydrogen) atoms. The van der Waals surface area contributed by atoms with E-state index in [1.54, 1.807) is 13.1 Å². The van der Waals surface area contributed by atoms with Crippen molar-refractivity contribution in [3.8, 4) is 0 Å². The van der Waals surface area contributed by atoms with Crippen LogP contribution in [-0.2, 0) is 20.8 Å². The quantitative estimate of drug-likeness (QED) is 0.388. The van der Waals surface area contributed by atoms with Crippen LogP contribution < -0.4 is 20.4 Å². The Hall–Kier alpha value is -4.13. The van der Waals surface area contributed by atoms with Gasteiger partial charge in [0.25, 0.3) is 5.91 Å². The van der Waals surface area contributed by atoms with Crippen LogP contribution in [0.3, 0.4) is 0 Å². The second-order valence-electron chi connectivity index (χ2n) is 13.4. The Morgan fingerprint density at radius 2 is 1.62 bits per heavy atom. The molecule has 5 heterocycles. The molecule has 6 rings (SSSR count). The molecular weight excluding hydrogens is 598 g/mol. The Balaban J connectivity index is 0.919. The highest BCUT2D eigenvalue weighted by molar-refractivity contribution is 6.01. The van der Waals surface area contributed by atoms with E-state index >= 15 is 0 Å². The number of likely N-dealkylation sites (N-methyl/N-ethyl adjacent to an activating group) is 1. The van der Waals surface area contributed by atoms with Crippen molar-refractivity contribution < 1.29 is 19.2 Å². The smallest absolute Gasteiger partial charge is 0.272 e. The number of hydrogen-bond donors (Lipinski definition) is 2. The van der Waals surface area contributed by atoms with E-state index in [1.807, 2.05) is 24.3 Å². The SMILES string of the molecule is CN(C(=O)Cc1cccc(N2CCN(CC3CCN(c4ccc(C(=O)NC5CCCCC5)nn4)CC3)CC2)n1)C1CCC(=O)NC1=O. The minimum Gasteiger partial charge on any atom is -0.355 e. The first-order valence-electron chi connectivity index (χ1n) is 17.2. The van der Waals surface area contributed by atoms with Gasteiger partial charge in [0.1, 0.15) is 11.9 Å². The molecule has 2 aromatic rings. The highest BCUT2D eigenvalue weighted by Crippen LogP contribution is 2.24. The predicted octanol–water partition coefficient (Wildman–Crippen LogP) is 1.78. The fraction of sp³-hybridized carbons (Fsp3) is 0.618. The molecular formula is C34H47N9O4. The second kappa shape index (κ2) is 15.2. The zero-order valence-corrected chi connectivity index (χ0v) is 27.4. The van der Waals surface area contributed by atoms with Crippen LogP contribution in [0.2, 0.25) is 0 Å². The number of piperidine rings is 2. The summed E-state index contributed by atoms with van der Waals surface area (Å²) in [5.41, 5.74) is 1.06. The normalized spacial score (nSPS) is 21.8. The maximum Gasteiger partial charge on any atom is 0.272 e. The third-order valence-corrected chi connectivity index (χ3v) is 10.2. The Morgan fingerprint density at radius 1 is 0.872 bits per heavy atom. The average Bonchev–Trinajstić information content (AvgIpc) is 3.09. The summed E-state index contributed by atoms with van der Waals surface area (Å²) in [4.78, 5) is 62.5. The molecule has 3 aliphatic heterocycles. The zero-order valence-electron chi connectivity index (χ0n) is 27.4. The van der Waals surface area contributed by atoms with Crippen molar-refractivity contribution in [1.29, 1.82) is 0 Å². The molecule has 4 fully saturated rings. The van der Waals surface area contributed by atoms with E-state index in [0.29, 0.717) is 23.7 Å². The Morgan fingerprint density at radius 3 is 2.32 bits per heavy atom. The lowest BCUT2D eigenvalue weighted by atomic mass is 9.95. The number of anilines is 2. The first-order chi connectivity index (χ1) is 22.8. The fourth-order valence-corrected chi connectivity index (χ4v) is 7.24. The number of amides is 4. The van der Waals surface area contributed by atoms with Crippen LogP contribution in [0.4, 0.5) is 11.6 Å². The topological polar surface area (TPSA) is 144 Å². The number of carbonyl (C=O) groups is 4. The Bertz CT molecular complexity index is 1410. The van der Waals surface area contributed by atoms with E-state index in [4.69, 9.17) is 4.98 Å². The van der Waals surface area contributed by atoms with Crippen molar-refractivity contribution >= 4 is 35.3 Å². The summed E-state index contributed by atoms with van der Waals surface area (Å²) in [6, 6.07) is 9.12. The molecule has 1 saturated carbocycles. The molecule has 0 aromatic carbocycles. The molecule has 0 spiro atoms. The summed E-state index contributed by atoms with van der Waals surface area (Å²) in [5.74, 6) is 1.30. The summed E-state index contributed by atoms with van der Waals surface area (Å²) >= 11 is 0. The van der Waals surface area contributed by atoms with Crippen LogP contribution in [0.1, 0.15) is 74.0 Å². The number of aromatic nitrogens is 3. The van der Waals surface area contributed by atoms with Crippen LogP contribution in [0.5, 0.6) is 0 Å². The molecule has 1 aliphatic carbocycles. The van der Waals surface area contributed by atoms with Crippen molar-refractivity contribution in [3.63, 3.8) is 0 Å². The van der Waals surface area contributed by atoms with Crippen molar-refractivity contribution in [2.45, 2.75) is 76.3 Å². The zero-order chi connectivity index (χ0) is 32.8.